The number of benzene rings is 1. The number of methoxy groups -OCH3 is 2. The predicted molar refractivity (Wildman–Crippen MR) is 87.5 cm³/mol. The largest absolute Gasteiger partial charge is 0.493 e. The molecule has 1 heterocycles. The molecule has 0 radical (unpaired) electrons. The van der Waals surface area contributed by atoms with Gasteiger partial charge < -0.3 is 24.1 Å². The van der Waals surface area contributed by atoms with Crippen LogP contribution in [-0.2, 0) is 16.1 Å². The molecule has 25 heavy (non-hydrogen) atoms. The van der Waals surface area contributed by atoms with Gasteiger partial charge in [-0.1, -0.05) is 11.2 Å². The molecule has 1 aromatic heterocycles. The van der Waals surface area contributed by atoms with Crippen LogP contribution in [0.15, 0.2) is 28.8 Å². The molecule has 134 valence electrons. The first kappa shape index (κ1) is 18.3. The minimum absolute atomic E-state index is 0.0444. The monoisotopic (exact) mass is 348 g/mol. The summed E-state index contributed by atoms with van der Waals surface area (Å²) in [5.74, 6) is -0.0533. The van der Waals surface area contributed by atoms with E-state index in [1.807, 2.05) is 0 Å². The molecule has 1 aromatic carbocycles. The number of hydrogen-bond acceptors (Lipinski definition) is 7. The van der Waals surface area contributed by atoms with Crippen molar-refractivity contribution in [3.8, 4) is 11.5 Å². The zero-order valence-electron chi connectivity index (χ0n) is 14.5. The summed E-state index contributed by atoms with van der Waals surface area (Å²) in [5.41, 5.74) is 1.37. The van der Waals surface area contributed by atoms with Gasteiger partial charge in [0.05, 0.1) is 19.9 Å². The number of carbonyl (C=O) groups excluding carboxylic acids is 2. The molecule has 0 unspecified atom stereocenters. The lowest BCUT2D eigenvalue weighted by Gasteiger charge is -2.13. The topological polar surface area (TPSA) is 99.9 Å². The Balaban J connectivity index is 1.90. The summed E-state index contributed by atoms with van der Waals surface area (Å²) < 4.78 is 20.2. The molecule has 1 amide bonds. The first-order valence-corrected chi connectivity index (χ1v) is 7.57. The van der Waals surface area contributed by atoms with Gasteiger partial charge in [0, 0.05) is 12.6 Å². The molecule has 0 saturated heterocycles. The first-order chi connectivity index (χ1) is 11.9. The lowest BCUT2D eigenvalue weighted by Crippen LogP contribution is -2.35. The molecular formula is C17H20N2O6. The Morgan fingerprint density at radius 3 is 2.52 bits per heavy atom. The van der Waals surface area contributed by atoms with Crippen LogP contribution in [0, 0.1) is 6.92 Å². The highest BCUT2D eigenvalue weighted by Gasteiger charge is 2.21. The fraction of sp³-hybridized carbons (Fsp3) is 0.353. The van der Waals surface area contributed by atoms with E-state index in [4.69, 9.17) is 18.7 Å². The van der Waals surface area contributed by atoms with Crippen LogP contribution in [0.3, 0.4) is 0 Å². The molecule has 2 aromatic rings. The van der Waals surface area contributed by atoms with Crippen LogP contribution < -0.4 is 14.8 Å². The van der Waals surface area contributed by atoms with Crippen molar-refractivity contribution in [3.63, 3.8) is 0 Å². The van der Waals surface area contributed by atoms with E-state index in [2.05, 4.69) is 10.5 Å². The van der Waals surface area contributed by atoms with E-state index in [1.54, 1.807) is 32.2 Å². The van der Waals surface area contributed by atoms with Crippen LogP contribution in [0.2, 0.25) is 0 Å². The lowest BCUT2D eigenvalue weighted by atomic mass is 10.2. The van der Waals surface area contributed by atoms with Gasteiger partial charge in [-0.3, -0.25) is 4.79 Å². The second kappa shape index (κ2) is 8.18. The van der Waals surface area contributed by atoms with Gasteiger partial charge in [-0.05, 0) is 31.5 Å². The van der Waals surface area contributed by atoms with Gasteiger partial charge in [-0.2, -0.15) is 0 Å². The molecule has 0 aliphatic rings. The molecule has 0 bridgehead atoms. The van der Waals surface area contributed by atoms with Crippen molar-refractivity contribution in [1.82, 2.24) is 10.5 Å². The zero-order valence-corrected chi connectivity index (χ0v) is 14.5. The quantitative estimate of drug-likeness (QED) is 0.762. The summed E-state index contributed by atoms with van der Waals surface area (Å²) in [4.78, 5) is 23.9. The summed E-state index contributed by atoms with van der Waals surface area (Å²) in [6.07, 6.45) is -0.974. The van der Waals surface area contributed by atoms with E-state index in [0.717, 1.165) is 5.56 Å². The molecule has 0 saturated carbocycles. The Hall–Kier alpha value is -3.03. The van der Waals surface area contributed by atoms with E-state index in [1.165, 1.54) is 20.1 Å². The third kappa shape index (κ3) is 4.72. The van der Waals surface area contributed by atoms with Crippen LogP contribution >= 0.6 is 0 Å². The standard InChI is InChI=1S/C17H20N2O6/c1-10-7-15(25-19-10)17(21)24-11(2)16(20)18-9-12-5-6-13(22-3)14(8-12)23-4/h5-8,11H,9H2,1-4H3,(H,18,20)/t11-/m1/s1. The third-order valence-electron chi connectivity index (χ3n) is 3.40. The number of hydrogen-bond donors (Lipinski definition) is 1. The van der Waals surface area contributed by atoms with E-state index >= 15 is 0 Å². The molecule has 0 aliphatic heterocycles. The molecule has 8 heteroatoms. The van der Waals surface area contributed by atoms with Gasteiger partial charge in [0.15, 0.2) is 17.6 Å². The van der Waals surface area contributed by atoms with Crippen molar-refractivity contribution in [1.29, 1.82) is 0 Å². The number of aromatic nitrogens is 1. The van der Waals surface area contributed by atoms with Crippen molar-refractivity contribution >= 4 is 11.9 Å². The van der Waals surface area contributed by atoms with Crippen molar-refractivity contribution < 1.29 is 28.3 Å². The minimum atomic E-state index is -0.974. The van der Waals surface area contributed by atoms with Crippen molar-refractivity contribution in [2.24, 2.45) is 0 Å². The van der Waals surface area contributed by atoms with Gasteiger partial charge in [-0.25, -0.2) is 4.79 Å². The molecule has 0 fully saturated rings. The summed E-state index contributed by atoms with van der Waals surface area (Å²) in [6, 6.07) is 6.75. The Labute approximate surface area is 145 Å². The van der Waals surface area contributed by atoms with Gasteiger partial charge >= 0.3 is 5.97 Å². The van der Waals surface area contributed by atoms with Crippen molar-refractivity contribution in [2.45, 2.75) is 26.5 Å². The Bertz CT molecular complexity index is 755. The van der Waals surface area contributed by atoms with E-state index in [9.17, 15) is 9.59 Å². The molecule has 1 N–H and O–H groups in total. The average Bonchev–Trinajstić information content (AvgIpc) is 3.05. The van der Waals surface area contributed by atoms with Crippen LogP contribution in [0.5, 0.6) is 11.5 Å². The van der Waals surface area contributed by atoms with Gasteiger partial charge in [0.2, 0.25) is 5.76 Å². The molecule has 0 aliphatic carbocycles. The molecule has 8 nitrogen and oxygen atoms in total. The lowest BCUT2D eigenvalue weighted by molar-refractivity contribution is -0.129. The summed E-state index contributed by atoms with van der Waals surface area (Å²) in [5, 5.41) is 6.29. The van der Waals surface area contributed by atoms with E-state index < -0.39 is 18.0 Å². The fourth-order valence-corrected chi connectivity index (χ4v) is 2.06. The third-order valence-corrected chi connectivity index (χ3v) is 3.40. The highest BCUT2D eigenvalue weighted by Crippen LogP contribution is 2.27. The number of nitrogens with one attached hydrogen (secondary N) is 1. The Kier molecular flexibility index (Phi) is 5.99. The number of rotatable bonds is 7. The maximum atomic E-state index is 12.1. The first-order valence-electron chi connectivity index (χ1n) is 7.57. The number of carbonyl (C=O) groups is 2. The second-order valence-electron chi connectivity index (χ2n) is 5.29. The van der Waals surface area contributed by atoms with Gasteiger partial charge in [0.25, 0.3) is 5.91 Å². The number of aryl methyl sites for hydroxylation is 1. The van der Waals surface area contributed by atoms with Crippen LogP contribution in [0.4, 0.5) is 0 Å². The molecule has 1 atom stereocenters. The fourth-order valence-electron chi connectivity index (χ4n) is 2.06. The minimum Gasteiger partial charge on any atom is -0.493 e. The highest BCUT2D eigenvalue weighted by molar-refractivity contribution is 5.89. The van der Waals surface area contributed by atoms with Crippen LogP contribution in [0.25, 0.3) is 0 Å². The highest BCUT2D eigenvalue weighted by atomic mass is 16.6. The van der Waals surface area contributed by atoms with E-state index in [0.29, 0.717) is 17.2 Å². The summed E-state index contributed by atoms with van der Waals surface area (Å²) in [7, 11) is 3.08. The van der Waals surface area contributed by atoms with Crippen molar-refractivity contribution in [2.75, 3.05) is 14.2 Å². The van der Waals surface area contributed by atoms with Gasteiger partial charge in [0.1, 0.15) is 0 Å². The molecular weight excluding hydrogens is 328 g/mol. The maximum Gasteiger partial charge on any atom is 0.377 e. The smallest absolute Gasteiger partial charge is 0.377 e. The predicted octanol–water partition coefficient (Wildman–Crippen LogP) is 1.86. The van der Waals surface area contributed by atoms with E-state index in [-0.39, 0.29) is 12.3 Å². The summed E-state index contributed by atoms with van der Waals surface area (Å²) >= 11 is 0. The Morgan fingerprint density at radius 2 is 1.92 bits per heavy atom. The molecule has 2 rings (SSSR count). The molecule has 0 spiro atoms. The SMILES string of the molecule is COc1ccc(CNC(=O)[C@@H](C)OC(=O)c2cc(C)no2)cc1OC. The number of ether oxygens (including phenoxy) is 3. The maximum absolute atomic E-state index is 12.1. The number of amides is 1. The average molecular weight is 348 g/mol. The Morgan fingerprint density at radius 1 is 1.20 bits per heavy atom. The number of esters is 1. The number of nitrogens with zero attached hydrogens (tertiary/aromatic N) is 1. The normalized spacial score (nSPS) is 11.5. The second-order valence-corrected chi connectivity index (χ2v) is 5.29. The zero-order chi connectivity index (χ0) is 18.4. The van der Waals surface area contributed by atoms with Crippen LogP contribution in [-0.4, -0.2) is 37.4 Å². The van der Waals surface area contributed by atoms with Gasteiger partial charge in [-0.15, -0.1) is 0 Å². The van der Waals surface area contributed by atoms with Crippen LogP contribution in [0.1, 0.15) is 28.7 Å². The van der Waals surface area contributed by atoms with Crippen molar-refractivity contribution in [3.05, 3.63) is 41.3 Å². The summed E-state index contributed by atoms with van der Waals surface area (Å²) in [6.45, 7) is 3.41.